The topological polar surface area (TPSA) is 38.0 Å². The molecule has 1 aromatic carbocycles. The van der Waals surface area contributed by atoms with Crippen LogP contribution in [0, 0.1) is 0 Å². The molecule has 1 aromatic rings. The lowest BCUT2D eigenvalue weighted by atomic mass is 10.1. The summed E-state index contributed by atoms with van der Waals surface area (Å²) in [5, 5.41) is 3.08. The first kappa shape index (κ1) is 10.6. The number of hydrogen-bond donors (Lipinski definition) is 2. The predicted octanol–water partition coefficient (Wildman–Crippen LogP) is 1.60. The first-order chi connectivity index (χ1) is 6.34. The molecule has 0 aliphatic heterocycles. The largest absolute Gasteiger partial charge is 0.323 e. The monoisotopic (exact) mass is 196 g/mol. The van der Waals surface area contributed by atoms with Gasteiger partial charge in [0.2, 0.25) is 0 Å². The molecule has 0 radical (unpaired) electrons. The van der Waals surface area contributed by atoms with Gasteiger partial charge in [-0.15, -0.1) is 11.8 Å². The smallest absolute Gasteiger partial charge is 0.0416 e. The number of benzene rings is 1. The minimum absolute atomic E-state index is 0.152. The summed E-state index contributed by atoms with van der Waals surface area (Å²) in [7, 11) is 1.95. The molecule has 1 unspecified atom stereocenters. The molecule has 0 amide bonds. The van der Waals surface area contributed by atoms with Gasteiger partial charge in [-0.1, -0.05) is 30.3 Å². The SMILES string of the molecule is CNCSCC(N)c1ccccc1. The van der Waals surface area contributed by atoms with Gasteiger partial charge in [0, 0.05) is 17.7 Å². The molecule has 0 spiro atoms. The average Bonchev–Trinajstić information content (AvgIpc) is 2.19. The van der Waals surface area contributed by atoms with Crippen molar-refractivity contribution in [3.8, 4) is 0 Å². The van der Waals surface area contributed by atoms with Crippen LogP contribution in [0.2, 0.25) is 0 Å². The van der Waals surface area contributed by atoms with Crippen molar-refractivity contribution in [2.45, 2.75) is 6.04 Å². The van der Waals surface area contributed by atoms with Gasteiger partial charge in [-0.2, -0.15) is 0 Å². The Balaban J connectivity index is 2.35. The lowest BCUT2D eigenvalue weighted by molar-refractivity contribution is 0.828. The van der Waals surface area contributed by atoms with E-state index in [9.17, 15) is 0 Å². The summed E-state index contributed by atoms with van der Waals surface area (Å²) in [5.41, 5.74) is 7.20. The summed E-state index contributed by atoms with van der Waals surface area (Å²) < 4.78 is 0. The fourth-order valence-electron chi connectivity index (χ4n) is 1.08. The minimum Gasteiger partial charge on any atom is -0.323 e. The molecular weight excluding hydrogens is 180 g/mol. The zero-order valence-corrected chi connectivity index (χ0v) is 8.68. The highest BCUT2D eigenvalue weighted by Crippen LogP contribution is 2.14. The molecule has 0 aliphatic rings. The van der Waals surface area contributed by atoms with Crippen LogP contribution in [0.15, 0.2) is 30.3 Å². The van der Waals surface area contributed by atoms with Crippen molar-refractivity contribution in [2.75, 3.05) is 18.7 Å². The van der Waals surface area contributed by atoms with Gasteiger partial charge >= 0.3 is 0 Å². The fourth-order valence-corrected chi connectivity index (χ4v) is 1.85. The second-order valence-corrected chi connectivity index (χ2v) is 3.92. The van der Waals surface area contributed by atoms with Gasteiger partial charge in [-0.3, -0.25) is 0 Å². The average molecular weight is 196 g/mol. The fraction of sp³-hybridized carbons (Fsp3) is 0.400. The summed E-state index contributed by atoms with van der Waals surface area (Å²) >= 11 is 1.82. The van der Waals surface area contributed by atoms with Crippen molar-refractivity contribution in [1.82, 2.24) is 5.32 Å². The van der Waals surface area contributed by atoms with E-state index in [-0.39, 0.29) is 6.04 Å². The molecule has 3 N–H and O–H groups in total. The van der Waals surface area contributed by atoms with Crippen LogP contribution in [0.4, 0.5) is 0 Å². The van der Waals surface area contributed by atoms with E-state index in [4.69, 9.17) is 5.73 Å². The molecule has 0 heterocycles. The molecule has 2 nitrogen and oxygen atoms in total. The molecule has 3 heteroatoms. The van der Waals surface area contributed by atoms with E-state index in [1.807, 2.05) is 37.0 Å². The second kappa shape index (κ2) is 6.02. The van der Waals surface area contributed by atoms with Crippen LogP contribution in [-0.2, 0) is 0 Å². The van der Waals surface area contributed by atoms with Crippen molar-refractivity contribution in [1.29, 1.82) is 0 Å². The Morgan fingerprint density at radius 3 is 2.69 bits per heavy atom. The van der Waals surface area contributed by atoms with E-state index >= 15 is 0 Å². The predicted molar refractivity (Wildman–Crippen MR) is 59.8 cm³/mol. The summed E-state index contributed by atoms with van der Waals surface area (Å²) in [6.45, 7) is 0. The van der Waals surface area contributed by atoms with Crippen molar-refractivity contribution in [3.63, 3.8) is 0 Å². The highest BCUT2D eigenvalue weighted by atomic mass is 32.2. The van der Waals surface area contributed by atoms with Gasteiger partial charge in [-0.25, -0.2) is 0 Å². The molecule has 1 atom stereocenters. The van der Waals surface area contributed by atoms with Crippen LogP contribution < -0.4 is 11.1 Å². The Labute approximate surface area is 83.9 Å². The maximum Gasteiger partial charge on any atom is 0.0416 e. The molecule has 0 fully saturated rings. The van der Waals surface area contributed by atoms with Gasteiger partial charge < -0.3 is 11.1 Å². The highest BCUT2D eigenvalue weighted by Gasteiger charge is 2.03. The van der Waals surface area contributed by atoms with Crippen LogP contribution in [0.25, 0.3) is 0 Å². The maximum absolute atomic E-state index is 5.99. The van der Waals surface area contributed by atoms with E-state index in [1.54, 1.807) is 0 Å². The standard InChI is InChI=1S/C10H16N2S/c1-12-8-13-7-10(11)9-5-3-2-4-6-9/h2-6,10,12H,7-8,11H2,1H3. The lowest BCUT2D eigenvalue weighted by Crippen LogP contribution is -2.15. The third-order valence-electron chi connectivity index (χ3n) is 1.77. The zero-order valence-electron chi connectivity index (χ0n) is 7.86. The van der Waals surface area contributed by atoms with Gasteiger partial charge in [0.05, 0.1) is 0 Å². The molecule has 72 valence electrons. The summed E-state index contributed by atoms with van der Waals surface area (Å²) in [5.74, 6) is 1.92. The molecular formula is C10H16N2S. The van der Waals surface area contributed by atoms with Crippen molar-refractivity contribution < 1.29 is 0 Å². The van der Waals surface area contributed by atoms with Gasteiger partial charge in [0.1, 0.15) is 0 Å². The Hall–Kier alpha value is -0.510. The summed E-state index contributed by atoms with van der Waals surface area (Å²) in [6.07, 6.45) is 0. The van der Waals surface area contributed by atoms with Crippen LogP contribution >= 0.6 is 11.8 Å². The van der Waals surface area contributed by atoms with E-state index in [1.165, 1.54) is 5.56 Å². The van der Waals surface area contributed by atoms with E-state index in [0.717, 1.165) is 11.6 Å². The number of hydrogen-bond acceptors (Lipinski definition) is 3. The summed E-state index contributed by atoms with van der Waals surface area (Å²) in [6, 6.07) is 10.4. The molecule has 13 heavy (non-hydrogen) atoms. The molecule has 0 saturated heterocycles. The Morgan fingerprint density at radius 1 is 1.38 bits per heavy atom. The Bertz CT molecular complexity index is 226. The molecule has 1 rings (SSSR count). The maximum atomic E-state index is 5.99. The first-order valence-electron chi connectivity index (χ1n) is 4.37. The van der Waals surface area contributed by atoms with Crippen molar-refractivity contribution in [3.05, 3.63) is 35.9 Å². The quantitative estimate of drug-likeness (QED) is 0.555. The highest BCUT2D eigenvalue weighted by molar-refractivity contribution is 7.99. The number of rotatable bonds is 5. The molecule has 0 aliphatic carbocycles. The summed E-state index contributed by atoms with van der Waals surface area (Å²) in [4.78, 5) is 0. The van der Waals surface area contributed by atoms with Gasteiger partial charge in [-0.05, 0) is 12.6 Å². The number of nitrogens with one attached hydrogen (secondary N) is 1. The third kappa shape index (κ3) is 3.81. The van der Waals surface area contributed by atoms with Gasteiger partial charge in [0.25, 0.3) is 0 Å². The van der Waals surface area contributed by atoms with Crippen molar-refractivity contribution >= 4 is 11.8 Å². The minimum atomic E-state index is 0.152. The Morgan fingerprint density at radius 2 is 2.08 bits per heavy atom. The molecule has 0 aromatic heterocycles. The normalized spacial score (nSPS) is 12.8. The van der Waals surface area contributed by atoms with Crippen molar-refractivity contribution in [2.24, 2.45) is 5.73 Å². The third-order valence-corrected chi connectivity index (χ3v) is 2.86. The molecule has 0 bridgehead atoms. The van der Waals surface area contributed by atoms with Crippen LogP contribution in [0.3, 0.4) is 0 Å². The number of thioether (sulfide) groups is 1. The second-order valence-electron chi connectivity index (χ2n) is 2.89. The van der Waals surface area contributed by atoms with Crippen LogP contribution in [0.5, 0.6) is 0 Å². The first-order valence-corrected chi connectivity index (χ1v) is 5.53. The van der Waals surface area contributed by atoms with Crippen LogP contribution in [-0.4, -0.2) is 18.7 Å². The van der Waals surface area contributed by atoms with E-state index in [2.05, 4.69) is 17.4 Å². The van der Waals surface area contributed by atoms with E-state index in [0.29, 0.717) is 0 Å². The van der Waals surface area contributed by atoms with Crippen LogP contribution in [0.1, 0.15) is 11.6 Å². The van der Waals surface area contributed by atoms with Gasteiger partial charge in [0.15, 0.2) is 0 Å². The lowest BCUT2D eigenvalue weighted by Gasteiger charge is -2.10. The Kier molecular flexibility index (Phi) is 4.90. The number of nitrogens with two attached hydrogens (primary N) is 1. The molecule has 0 saturated carbocycles. The zero-order chi connectivity index (χ0) is 9.52. The van der Waals surface area contributed by atoms with E-state index < -0.39 is 0 Å².